The van der Waals surface area contributed by atoms with Crippen molar-refractivity contribution < 1.29 is 13.2 Å². The first-order chi connectivity index (χ1) is 13.9. The fourth-order valence-electron chi connectivity index (χ4n) is 3.12. The summed E-state index contributed by atoms with van der Waals surface area (Å²) in [5.74, 6) is 0.207. The van der Waals surface area contributed by atoms with Gasteiger partial charge in [0.1, 0.15) is 5.52 Å². The fraction of sp³-hybridized carbons (Fsp3) is 0.0556. The Bertz CT molecular complexity index is 1430. The summed E-state index contributed by atoms with van der Waals surface area (Å²) in [6.07, 6.45) is -0.291. The Morgan fingerprint density at radius 1 is 1.00 bits per heavy atom. The highest BCUT2D eigenvalue weighted by Gasteiger charge is 2.34. The maximum atomic E-state index is 13.5. The van der Waals surface area contributed by atoms with Gasteiger partial charge in [-0.05, 0) is 18.2 Å². The third-order valence-corrected chi connectivity index (χ3v) is 4.41. The van der Waals surface area contributed by atoms with Crippen molar-refractivity contribution in [1.29, 1.82) is 0 Å². The molecule has 5 rings (SSSR count). The molecule has 0 spiro atoms. The molecule has 2 N–H and O–H groups in total. The van der Waals surface area contributed by atoms with Crippen LogP contribution in [0, 0.1) is 0 Å². The van der Waals surface area contributed by atoms with Gasteiger partial charge in [0.15, 0.2) is 17.1 Å². The van der Waals surface area contributed by atoms with Crippen LogP contribution in [-0.4, -0.2) is 34.5 Å². The third-order valence-electron chi connectivity index (χ3n) is 4.41. The molecule has 0 aliphatic heterocycles. The predicted molar refractivity (Wildman–Crippen MR) is 97.4 cm³/mol. The molecule has 1 aromatic carbocycles. The molecule has 8 nitrogen and oxygen atoms in total. The number of imidazole rings is 2. The number of aromatic nitrogens is 7. The van der Waals surface area contributed by atoms with Crippen molar-refractivity contribution in [3.63, 3.8) is 0 Å². The van der Waals surface area contributed by atoms with Gasteiger partial charge in [-0.1, -0.05) is 12.1 Å². The Labute approximate surface area is 159 Å². The zero-order chi connectivity index (χ0) is 20.2. The van der Waals surface area contributed by atoms with Crippen LogP contribution in [0.25, 0.3) is 39.4 Å². The second-order valence-electron chi connectivity index (χ2n) is 6.21. The summed E-state index contributed by atoms with van der Waals surface area (Å²) in [4.78, 5) is 34.6. The SMILES string of the molecule is O=c1[nH]c2cnc(-c3cnc4nc[nH]c4c3)nc2n1-c1ccccc1C(F)(F)F. The number of halogens is 3. The van der Waals surface area contributed by atoms with Gasteiger partial charge >= 0.3 is 11.9 Å². The van der Waals surface area contributed by atoms with Crippen LogP contribution in [0.15, 0.2) is 53.8 Å². The minimum Gasteiger partial charge on any atom is -0.343 e. The molecule has 11 heteroatoms. The van der Waals surface area contributed by atoms with Gasteiger partial charge in [-0.3, -0.25) is 0 Å². The molecule has 29 heavy (non-hydrogen) atoms. The van der Waals surface area contributed by atoms with Crippen LogP contribution < -0.4 is 5.69 Å². The summed E-state index contributed by atoms with van der Waals surface area (Å²) in [6, 6.07) is 6.54. The van der Waals surface area contributed by atoms with Crippen LogP contribution in [0.1, 0.15) is 5.56 Å². The zero-order valence-electron chi connectivity index (χ0n) is 14.4. The van der Waals surface area contributed by atoms with Crippen LogP contribution in [0.5, 0.6) is 0 Å². The van der Waals surface area contributed by atoms with E-state index in [0.29, 0.717) is 16.7 Å². The summed E-state index contributed by atoms with van der Waals surface area (Å²) >= 11 is 0. The number of para-hydroxylation sites is 1. The van der Waals surface area contributed by atoms with Crippen molar-refractivity contribution in [2.24, 2.45) is 0 Å². The summed E-state index contributed by atoms with van der Waals surface area (Å²) in [7, 11) is 0. The van der Waals surface area contributed by atoms with Gasteiger partial charge < -0.3 is 9.97 Å². The number of aromatic amines is 2. The fourth-order valence-corrected chi connectivity index (χ4v) is 3.12. The predicted octanol–water partition coefficient (Wildman–Crippen LogP) is 3.07. The lowest BCUT2D eigenvalue weighted by Gasteiger charge is -2.13. The second kappa shape index (κ2) is 5.99. The van der Waals surface area contributed by atoms with E-state index in [1.54, 1.807) is 6.07 Å². The molecular formula is C18H10F3N7O. The highest BCUT2D eigenvalue weighted by molar-refractivity contribution is 5.78. The largest absolute Gasteiger partial charge is 0.418 e. The van der Waals surface area contributed by atoms with E-state index in [4.69, 9.17) is 0 Å². The molecule has 0 aliphatic rings. The van der Waals surface area contributed by atoms with Crippen LogP contribution in [0.3, 0.4) is 0 Å². The van der Waals surface area contributed by atoms with Crippen molar-refractivity contribution in [2.45, 2.75) is 6.18 Å². The number of benzene rings is 1. The van der Waals surface area contributed by atoms with Gasteiger partial charge in [0, 0.05) is 11.8 Å². The average Bonchev–Trinajstić information content (AvgIpc) is 3.29. The van der Waals surface area contributed by atoms with Crippen molar-refractivity contribution in [2.75, 3.05) is 0 Å². The van der Waals surface area contributed by atoms with Gasteiger partial charge in [0.2, 0.25) is 0 Å². The maximum Gasteiger partial charge on any atom is 0.418 e. The minimum absolute atomic E-state index is 0.0291. The molecule has 0 atom stereocenters. The number of hydrogen-bond donors (Lipinski definition) is 2. The lowest BCUT2D eigenvalue weighted by atomic mass is 10.1. The van der Waals surface area contributed by atoms with Gasteiger partial charge in [0.25, 0.3) is 0 Å². The molecule has 0 fully saturated rings. The van der Waals surface area contributed by atoms with E-state index in [9.17, 15) is 18.0 Å². The first-order valence-electron chi connectivity index (χ1n) is 8.36. The maximum absolute atomic E-state index is 13.5. The van der Waals surface area contributed by atoms with Gasteiger partial charge in [-0.15, -0.1) is 0 Å². The molecule has 0 radical (unpaired) electrons. The number of fused-ring (bicyclic) bond motifs is 2. The number of alkyl halides is 3. The van der Waals surface area contributed by atoms with Crippen molar-refractivity contribution in [3.8, 4) is 17.1 Å². The van der Waals surface area contributed by atoms with Crippen molar-refractivity contribution in [3.05, 3.63) is 65.1 Å². The summed E-state index contributed by atoms with van der Waals surface area (Å²) in [5.41, 5.74) is -0.0784. The molecule has 0 aliphatic carbocycles. The molecule has 0 amide bonds. The quantitative estimate of drug-likeness (QED) is 0.476. The molecule has 5 aromatic rings. The number of nitrogens with one attached hydrogen (secondary N) is 2. The summed E-state index contributed by atoms with van der Waals surface area (Å²) in [5, 5.41) is 0. The Balaban J connectivity index is 1.75. The van der Waals surface area contributed by atoms with E-state index in [2.05, 4.69) is 29.9 Å². The average molecular weight is 397 g/mol. The van der Waals surface area contributed by atoms with Crippen LogP contribution in [-0.2, 0) is 6.18 Å². The molecule has 4 heterocycles. The monoisotopic (exact) mass is 397 g/mol. The molecule has 4 aromatic heterocycles. The number of nitrogens with zero attached hydrogens (tertiary/aromatic N) is 5. The molecule has 0 saturated heterocycles. The van der Waals surface area contributed by atoms with Crippen LogP contribution in [0.4, 0.5) is 13.2 Å². The lowest BCUT2D eigenvalue weighted by Crippen LogP contribution is -2.19. The number of pyridine rings is 1. The number of hydrogen-bond acceptors (Lipinski definition) is 5. The highest BCUT2D eigenvalue weighted by atomic mass is 19.4. The number of H-pyrrole nitrogens is 2. The normalized spacial score (nSPS) is 12.1. The zero-order valence-corrected chi connectivity index (χ0v) is 14.4. The van der Waals surface area contributed by atoms with Gasteiger partial charge in [-0.2, -0.15) is 13.2 Å². The van der Waals surface area contributed by atoms with Gasteiger partial charge in [0.05, 0.1) is 29.3 Å². The highest BCUT2D eigenvalue weighted by Crippen LogP contribution is 2.34. The molecule has 0 bridgehead atoms. The van der Waals surface area contributed by atoms with E-state index in [1.807, 2.05) is 0 Å². The Kier molecular flexibility index (Phi) is 3.53. The van der Waals surface area contributed by atoms with Crippen LogP contribution >= 0.6 is 0 Å². The Hall–Kier alpha value is -4.02. The number of rotatable bonds is 2. The van der Waals surface area contributed by atoms with E-state index >= 15 is 0 Å². The standard InChI is InChI=1S/C18H10F3N7O/c19-18(20,21)10-3-1-2-4-13(10)28-16-12(26-17(28)29)7-23-14(27-16)9-5-11-15(22-6-9)25-8-24-11/h1-8H,(H,26,29)(H,22,24,25). The van der Waals surface area contributed by atoms with Crippen molar-refractivity contribution in [1.82, 2.24) is 34.5 Å². The Morgan fingerprint density at radius 3 is 2.66 bits per heavy atom. The topological polar surface area (TPSA) is 105 Å². The second-order valence-corrected chi connectivity index (χ2v) is 6.21. The third kappa shape index (κ3) is 2.74. The molecular weight excluding hydrogens is 387 g/mol. The first-order valence-corrected chi connectivity index (χ1v) is 8.36. The Morgan fingerprint density at radius 2 is 1.83 bits per heavy atom. The molecule has 0 unspecified atom stereocenters. The van der Waals surface area contributed by atoms with Gasteiger partial charge in [-0.25, -0.2) is 29.3 Å². The lowest BCUT2D eigenvalue weighted by molar-refractivity contribution is -0.137. The summed E-state index contributed by atoms with van der Waals surface area (Å²) < 4.78 is 41.3. The van der Waals surface area contributed by atoms with Crippen LogP contribution in [0.2, 0.25) is 0 Å². The minimum atomic E-state index is -4.63. The van der Waals surface area contributed by atoms with E-state index in [1.165, 1.54) is 36.9 Å². The molecule has 144 valence electrons. The first kappa shape index (κ1) is 17.1. The summed E-state index contributed by atoms with van der Waals surface area (Å²) in [6.45, 7) is 0. The van der Waals surface area contributed by atoms with E-state index in [0.717, 1.165) is 10.6 Å². The van der Waals surface area contributed by atoms with E-state index in [-0.39, 0.29) is 22.7 Å². The van der Waals surface area contributed by atoms with Crippen molar-refractivity contribution >= 4 is 22.3 Å². The smallest absolute Gasteiger partial charge is 0.343 e. The van der Waals surface area contributed by atoms with E-state index < -0.39 is 17.4 Å². The molecule has 0 saturated carbocycles.